The number of carbonyl (C=O) groups excluding carboxylic acids is 2. The van der Waals surface area contributed by atoms with E-state index >= 15 is 0 Å². The third kappa shape index (κ3) is 24.8. The molecule has 0 aliphatic carbocycles. The Morgan fingerprint density at radius 1 is 0.325 bits per heavy atom. The summed E-state index contributed by atoms with van der Waals surface area (Å²) in [5, 5.41) is 0. The van der Waals surface area contributed by atoms with Crippen molar-refractivity contribution in [3.63, 3.8) is 0 Å². The van der Waals surface area contributed by atoms with Crippen LogP contribution in [0.4, 0.5) is 23.5 Å². The normalized spacial score (nSPS) is 10.9. The molecule has 2 heterocycles. The van der Waals surface area contributed by atoms with Gasteiger partial charge >= 0.3 is 0 Å². The Bertz CT molecular complexity index is 4320. The zero-order valence-corrected chi connectivity index (χ0v) is 70.1. The van der Waals surface area contributed by atoms with Gasteiger partial charge in [-0.05, 0) is 147 Å². The van der Waals surface area contributed by atoms with Crippen LogP contribution in [0.3, 0.4) is 0 Å². The summed E-state index contributed by atoms with van der Waals surface area (Å²) in [6, 6.07) is 18.4. The summed E-state index contributed by atoms with van der Waals surface area (Å²) in [4.78, 5) is 37.5. The number of nitrogens with two attached hydrogens (primary N) is 4. The minimum Gasteiger partial charge on any atom is -0.493 e. The Morgan fingerprint density at radius 2 is 0.544 bits per heavy atom. The minimum atomic E-state index is -0.200. The Morgan fingerprint density at radius 3 is 0.737 bits per heavy atom. The fourth-order valence-electron chi connectivity index (χ4n) is 10.8. The number of methoxy groups -OCH3 is 18. The van der Waals surface area contributed by atoms with Gasteiger partial charge in [0.05, 0.1) is 150 Å². The molecule has 0 saturated carbocycles. The van der Waals surface area contributed by atoms with E-state index in [2.05, 4.69) is 55.5 Å². The Labute approximate surface area is 670 Å². The molecule has 28 heteroatoms. The van der Waals surface area contributed by atoms with Gasteiger partial charge in [-0.1, -0.05) is 49.4 Å². The second-order valence-electron chi connectivity index (χ2n) is 24.1. The number of hydrogen-bond donors (Lipinski definition) is 4. The molecule has 0 aliphatic rings. The Kier molecular flexibility index (Phi) is 39.7. The van der Waals surface area contributed by atoms with Crippen LogP contribution in [-0.4, -0.2) is 160 Å². The summed E-state index contributed by atoms with van der Waals surface area (Å²) in [6.07, 6.45) is 13.5. The number of nitrogens with zero attached hydrogens (tertiary/aromatic N) is 4. The lowest BCUT2D eigenvalue weighted by Crippen LogP contribution is -2.05. The molecule has 28 nitrogen and oxygen atoms in total. The molecule has 0 radical (unpaired) electrons. The summed E-state index contributed by atoms with van der Waals surface area (Å²) in [5.74, 6) is 28.6. The fourth-order valence-corrected chi connectivity index (χ4v) is 10.8. The Hall–Kier alpha value is -13.3. The first-order valence-corrected chi connectivity index (χ1v) is 34.9. The second kappa shape index (κ2) is 47.7. The third-order valence-electron chi connectivity index (χ3n) is 17.3. The number of nitrogen functional groups attached to an aromatic ring is 4. The van der Waals surface area contributed by atoms with E-state index in [1.54, 1.807) is 166 Å². The molecule has 6 aromatic carbocycles. The van der Waals surface area contributed by atoms with Crippen LogP contribution in [-0.2, 0) is 22.4 Å². The minimum absolute atomic E-state index is 0.00806. The van der Waals surface area contributed by atoms with E-state index in [-0.39, 0.29) is 47.2 Å². The number of aryl methyl sites for hydroxylation is 2. The van der Waals surface area contributed by atoms with E-state index in [1.807, 2.05) is 77.9 Å². The molecule has 0 amide bonds. The van der Waals surface area contributed by atoms with Crippen molar-refractivity contribution in [2.45, 2.75) is 91.9 Å². The van der Waals surface area contributed by atoms with Crippen LogP contribution in [0, 0.1) is 76.1 Å². The standard InChI is InChI=1S/2C18H22N4O3.2C13H16O3.2C12H16O4/c2*1-10-12(9-14(23-3)16(25-5)15(10)24-4)7-6-8-13-11(2)21-18(20)22-17(13)19;2*1-6-9(2)10-7-11(14-3)13(16-5)12(8-10)15-4;2*1-8(7-13)9-5-10(14-2)12(16-4)11(6-9)15-3/h2*9H,7H2,1-5H3,(H4,19,20,21,22);2*1,7-9H,2-5H3;2*5-8H,1-4H3/t;;2*9-;2*8-/m..1010/s1. The number of hydrogen-bond acceptors (Lipinski definition) is 28. The smallest absolute Gasteiger partial charge is 0.222 e. The second-order valence-corrected chi connectivity index (χ2v) is 24.1. The zero-order chi connectivity index (χ0) is 85.6. The summed E-state index contributed by atoms with van der Waals surface area (Å²) in [5.41, 5.74) is 32.8. The molecular weight excluding hydrogens is 1460 g/mol. The van der Waals surface area contributed by atoms with Crippen molar-refractivity contribution in [3.8, 4) is 152 Å². The van der Waals surface area contributed by atoms with Crippen molar-refractivity contribution in [1.29, 1.82) is 0 Å². The van der Waals surface area contributed by atoms with Gasteiger partial charge in [-0.2, -0.15) is 9.97 Å². The van der Waals surface area contributed by atoms with E-state index in [0.717, 1.165) is 57.1 Å². The van der Waals surface area contributed by atoms with Gasteiger partial charge in [-0.15, -0.1) is 12.8 Å². The van der Waals surface area contributed by atoms with Gasteiger partial charge in [0.15, 0.2) is 69.0 Å². The van der Waals surface area contributed by atoms with Crippen LogP contribution in [0.5, 0.6) is 103 Å². The maximum absolute atomic E-state index is 10.7. The fraction of sp³-hybridized carbons (Fsp3) is 0.372. The molecular formula is C86H108N8O20. The van der Waals surface area contributed by atoms with E-state index in [1.165, 1.54) is 0 Å². The highest BCUT2D eigenvalue weighted by Crippen LogP contribution is 2.46. The van der Waals surface area contributed by atoms with E-state index < -0.39 is 0 Å². The number of benzene rings is 6. The van der Waals surface area contributed by atoms with Crippen LogP contribution >= 0.6 is 0 Å². The van der Waals surface area contributed by atoms with Crippen LogP contribution in [0.1, 0.15) is 118 Å². The van der Waals surface area contributed by atoms with E-state index in [0.29, 0.717) is 139 Å². The van der Waals surface area contributed by atoms with Gasteiger partial charge in [0, 0.05) is 36.5 Å². The molecule has 0 aliphatic heterocycles. The van der Waals surface area contributed by atoms with Crippen molar-refractivity contribution in [2.24, 2.45) is 0 Å². The third-order valence-corrected chi connectivity index (χ3v) is 17.3. The van der Waals surface area contributed by atoms with Crippen molar-refractivity contribution >= 4 is 36.1 Å². The van der Waals surface area contributed by atoms with Crippen LogP contribution < -0.4 is 108 Å². The predicted octanol–water partition coefficient (Wildman–Crippen LogP) is 12.7. The monoisotopic (exact) mass is 1570 g/mol. The van der Waals surface area contributed by atoms with Gasteiger partial charge in [0.25, 0.3) is 0 Å². The maximum Gasteiger partial charge on any atom is 0.222 e. The maximum atomic E-state index is 10.7. The molecule has 0 fully saturated rings. The molecule has 0 saturated heterocycles. The van der Waals surface area contributed by atoms with Crippen LogP contribution in [0.25, 0.3) is 0 Å². The molecule has 8 rings (SSSR count). The lowest BCUT2D eigenvalue weighted by Gasteiger charge is -2.16. The van der Waals surface area contributed by atoms with Gasteiger partial charge in [-0.3, -0.25) is 0 Å². The molecule has 114 heavy (non-hydrogen) atoms. The number of terminal acetylenes is 2. The first-order valence-electron chi connectivity index (χ1n) is 34.9. The summed E-state index contributed by atoms with van der Waals surface area (Å²) < 4.78 is 95.0. The molecule has 0 spiro atoms. The number of anilines is 4. The van der Waals surface area contributed by atoms with E-state index in [9.17, 15) is 9.59 Å². The largest absolute Gasteiger partial charge is 0.493 e. The van der Waals surface area contributed by atoms with Gasteiger partial charge in [0.1, 0.15) is 24.2 Å². The first-order chi connectivity index (χ1) is 54.5. The predicted molar refractivity (Wildman–Crippen MR) is 442 cm³/mol. The SMILES string of the molecule is C#C[C@@H](C)c1cc(OC)c(OC)c(OC)c1.C#C[C@H](C)c1cc(OC)c(OC)c(OC)c1.COc1cc(CC#Cc2c(C)nc(N)nc2N)c(C)c(OC)c1OC.COc1cc(CC#Cc2c(C)nc(N)nc2N)c(C)c(OC)c1OC.COc1cc([C@@H](C)C=O)cc(OC)c1OC.COc1cc([C@H](C)C=O)cc(OC)c1OC. The van der Waals surface area contributed by atoms with Crippen molar-refractivity contribution in [1.82, 2.24) is 19.9 Å². The van der Waals surface area contributed by atoms with E-state index in [4.69, 9.17) is 121 Å². The lowest BCUT2D eigenvalue weighted by molar-refractivity contribution is -0.109. The molecule has 2 aromatic heterocycles. The summed E-state index contributed by atoms with van der Waals surface area (Å²) >= 11 is 0. The van der Waals surface area contributed by atoms with Gasteiger partial charge < -0.3 is 118 Å². The molecule has 612 valence electrons. The highest BCUT2D eigenvalue weighted by Gasteiger charge is 2.23. The number of aromatic nitrogens is 4. The molecule has 8 N–H and O–H groups in total. The number of rotatable bonds is 26. The highest BCUT2D eigenvalue weighted by molar-refractivity contribution is 5.67. The molecule has 4 atom stereocenters. The average Bonchev–Trinajstić information content (AvgIpc) is 0.818. The van der Waals surface area contributed by atoms with Crippen LogP contribution in [0.2, 0.25) is 0 Å². The van der Waals surface area contributed by atoms with Crippen molar-refractivity contribution in [2.75, 3.05) is 151 Å². The number of aldehydes is 2. The topological polar surface area (TPSA) is 356 Å². The number of ether oxygens (including phenoxy) is 18. The van der Waals surface area contributed by atoms with Crippen molar-refractivity contribution in [3.05, 3.63) is 128 Å². The summed E-state index contributed by atoms with van der Waals surface area (Å²) in [6.45, 7) is 15.0. The van der Waals surface area contributed by atoms with Crippen LogP contribution in [0.15, 0.2) is 60.7 Å². The Balaban J connectivity index is 0.000000359. The quantitative estimate of drug-likeness (QED) is 0.0289. The molecule has 0 unspecified atom stereocenters. The molecule has 0 bridgehead atoms. The number of carbonyl (C=O) groups is 2. The highest BCUT2D eigenvalue weighted by atomic mass is 16.6. The van der Waals surface area contributed by atoms with Gasteiger partial charge in [0.2, 0.25) is 46.4 Å². The first kappa shape index (κ1) is 94.9. The lowest BCUT2D eigenvalue weighted by atomic mass is 10.0. The molecule has 8 aromatic rings. The van der Waals surface area contributed by atoms with Gasteiger partial charge in [-0.25, -0.2) is 9.97 Å². The average molecular weight is 1570 g/mol. The summed E-state index contributed by atoms with van der Waals surface area (Å²) in [7, 11) is 28.3. The zero-order valence-electron chi connectivity index (χ0n) is 70.1. The van der Waals surface area contributed by atoms with Crippen molar-refractivity contribution < 1.29 is 94.9 Å².